The number of hydrogen-bond acceptors (Lipinski definition) is 6. The van der Waals surface area contributed by atoms with E-state index in [0.29, 0.717) is 31.7 Å². The van der Waals surface area contributed by atoms with Gasteiger partial charge in [0.25, 0.3) is 5.69 Å². The van der Waals surface area contributed by atoms with E-state index in [-0.39, 0.29) is 29.7 Å². The Morgan fingerprint density at radius 1 is 1.13 bits per heavy atom. The summed E-state index contributed by atoms with van der Waals surface area (Å²) in [6, 6.07) is 9.09. The number of rotatable bonds is 6. The van der Waals surface area contributed by atoms with Gasteiger partial charge in [0.2, 0.25) is 5.91 Å². The Hall–Kier alpha value is -3.95. The van der Waals surface area contributed by atoms with Crippen LogP contribution < -0.4 is 10.6 Å². The fourth-order valence-corrected chi connectivity index (χ4v) is 3.24. The fourth-order valence-electron chi connectivity index (χ4n) is 3.24. The molecule has 0 bridgehead atoms. The summed E-state index contributed by atoms with van der Waals surface area (Å²) in [5, 5.41) is 15.8. The lowest BCUT2D eigenvalue weighted by Gasteiger charge is -2.31. The first kappa shape index (κ1) is 21.8. The lowest BCUT2D eigenvalue weighted by atomic mass is 9.96. The van der Waals surface area contributed by atoms with Crippen molar-refractivity contribution in [1.82, 2.24) is 10.2 Å². The van der Waals surface area contributed by atoms with Gasteiger partial charge in [0, 0.05) is 31.8 Å². The number of nitro benzene ring substituents is 1. The van der Waals surface area contributed by atoms with Crippen LogP contribution in [0.3, 0.4) is 0 Å². The summed E-state index contributed by atoms with van der Waals surface area (Å²) < 4.78 is 5.15. The molecular weight excluding hydrogens is 404 g/mol. The topological polar surface area (TPSA) is 135 Å². The number of hydrogen-bond donors (Lipinski definition) is 2. The van der Waals surface area contributed by atoms with Crippen molar-refractivity contribution in [3.63, 3.8) is 0 Å². The minimum Gasteiger partial charge on any atom is -0.465 e. The molecule has 10 heteroatoms. The van der Waals surface area contributed by atoms with Crippen molar-refractivity contribution in [3.05, 3.63) is 64.6 Å². The highest BCUT2D eigenvalue weighted by Crippen LogP contribution is 2.23. The van der Waals surface area contributed by atoms with Crippen LogP contribution in [-0.2, 0) is 14.4 Å². The third-order valence-corrected chi connectivity index (χ3v) is 4.97. The Kier molecular flexibility index (Phi) is 7.15. The summed E-state index contributed by atoms with van der Waals surface area (Å²) >= 11 is 0. The first-order chi connectivity index (χ1) is 14.9. The predicted octanol–water partition coefficient (Wildman–Crippen LogP) is 2.19. The normalized spacial score (nSPS) is 14.4. The van der Waals surface area contributed by atoms with Gasteiger partial charge >= 0.3 is 11.8 Å². The summed E-state index contributed by atoms with van der Waals surface area (Å²) in [7, 11) is 0. The molecule has 10 nitrogen and oxygen atoms in total. The Morgan fingerprint density at radius 3 is 2.55 bits per heavy atom. The predicted molar refractivity (Wildman–Crippen MR) is 112 cm³/mol. The van der Waals surface area contributed by atoms with Crippen LogP contribution in [0.15, 0.2) is 53.2 Å². The number of nitrogens with one attached hydrogen (secondary N) is 2. The van der Waals surface area contributed by atoms with Crippen molar-refractivity contribution in [1.29, 1.82) is 0 Å². The highest BCUT2D eigenvalue weighted by molar-refractivity contribution is 6.39. The number of carbonyl (C=O) groups excluding carboxylic acids is 3. The second kappa shape index (κ2) is 10.2. The second-order valence-corrected chi connectivity index (χ2v) is 7.06. The molecule has 0 radical (unpaired) electrons. The van der Waals surface area contributed by atoms with Crippen LogP contribution in [0.4, 0.5) is 11.4 Å². The zero-order valence-corrected chi connectivity index (χ0v) is 16.7. The standard InChI is InChI=1S/C21H22N4O6/c26-19(8-7-16-4-3-13-31-16)24-11-9-15(10-12-24)14-22-20(27)21(28)23-17-5-1-2-6-18(17)25(29)30/h1-8,13,15H,9-12,14H2,(H,22,27)(H,23,28)/b8-7+. The molecule has 0 saturated carbocycles. The van der Waals surface area contributed by atoms with Gasteiger partial charge in [-0.15, -0.1) is 0 Å². The maximum Gasteiger partial charge on any atom is 0.313 e. The number of carbonyl (C=O) groups is 3. The number of amides is 3. The number of furan rings is 1. The van der Waals surface area contributed by atoms with Crippen LogP contribution in [0.2, 0.25) is 0 Å². The molecule has 0 aliphatic carbocycles. The summed E-state index contributed by atoms with van der Waals surface area (Å²) in [4.78, 5) is 48.4. The van der Waals surface area contributed by atoms with Crippen LogP contribution in [0.1, 0.15) is 18.6 Å². The molecule has 31 heavy (non-hydrogen) atoms. The van der Waals surface area contributed by atoms with Gasteiger partial charge in [0.15, 0.2) is 0 Å². The monoisotopic (exact) mass is 426 g/mol. The Bertz CT molecular complexity index is 978. The number of benzene rings is 1. The first-order valence-electron chi connectivity index (χ1n) is 9.77. The number of anilines is 1. The van der Waals surface area contributed by atoms with Crippen molar-refractivity contribution >= 4 is 35.2 Å². The first-order valence-corrected chi connectivity index (χ1v) is 9.77. The van der Waals surface area contributed by atoms with E-state index < -0.39 is 16.7 Å². The molecule has 1 saturated heterocycles. The van der Waals surface area contributed by atoms with Crippen molar-refractivity contribution in [2.45, 2.75) is 12.8 Å². The van der Waals surface area contributed by atoms with Crippen LogP contribution in [0.5, 0.6) is 0 Å². The van der Waals surface area contributed by atoms with E-state index in [9.17, 15) is 24.5 Å². The molecule has 0 spiro atoms. The smallest absolute Gasteiger partial charge is 0.313 e. The van der Waals surface area contributed by atoms with Crippen LogP contribution in [0, 0.1) is 16.0 Å². The van der Waals surface area contributed by atoms with Crippen LogP contribution >= 0.6 is 0 Å². The summed E-state index contributed by atoms with van der Waals surface area (Å²) in [6.07, 6.45) is 5.99. The van der Waals surface area contributed by atoms with E-state index in [1.54, 1.807) is 23.1 Å². The molecule has 2 heterocycles. The molecule has 1 fully saturated rings. The Morgan fingerprint density at radius 2 is 1.87 bits per heavy atom. The van der Waals surface area contributed by atoms with E-state index in [2.05, 4.69) is 10.6 Å². The molecule has 0 unspecified atom stereocenters. The van der Waals surface area contributed by atoms with E-state index in [1.807, 2.05) is 0 Å². The fraction of sp³-hybridized carbons (Fsp3) is 0.286. The van der Waals surface area contributed by atoms with Gasteiger partial charge in [-0.1, -0.05) is 12.1 Å². The van der Waals surface area contributed by atoms with Gasteiger partial charge < -0.3 is 20.0 Å². The third kappa shape index (κ3) is 6.01. The van der Waals surface area contributed by atoms with Gasteiger partial charge in [-0.25, -0.2) is 0 Å². The lowest BCUT2D eigenvalue weighted by Crippen LogP contribution is -2.43. The van der Waals surface area contributed by atoms with E-state index in [1.165, 1.54) is 36.6 Å². The number of likely N-dealkylation sites (tertiary alicyclic amines) is 1. The number of nitrogens with zero attached hydrogens (tertiary/aromatic N) is 2. The van der Waals surface area contributed by atoms with E-state index >= 15 is 0 Å². The van der Waals surface area contributed by atoms with Gasteiger partial charge in [-0.05, 0) is 43.0 Å². The quantitative estimate of drug-likeness (QED) is 0.315. The van der Waals surface area contributed by atoms with Crippen molar-refractivity contribution in [3.8, 4) is 0 Å². The number of para-hydroxylation sites is 2. The highest BCUT2D eigenvalue weighted by atomic mass is 16.6. The Balaban J connectivity index is 1.42. The molecule has 1 aromatic carbocycles. The molecule has 3 rings (SSSR count). The van der Waals surface area contributed by atoms with Crippen molar-refractivity contribution in [2.24, 2.45) is 5.92 Å². The third-order valence-electron chi connectivity index (χ3n) is 4.97. The second-order valence-electron chi connectivity index (χ2n) is 7.06. The molecule has 1 aromatic heterocycles. The maximum absolute atomic E-state index is 12.2. The number of nitro groups is 1. The zero-order valence-electron chi connectivity index (χ0n) is 16.7. The van der Waals surface area contributed by atoms with Gasteiger partial charge in [-0.2, -0.15) is 0 Å². The maximum atomic E-state index is 12.2. The molecule has 2 aromatic rings. The zero-order chi connectivity index (χ0) is 22.2. The average Bonchev–Trinajstić information content (AvgIpc) is 3.30. The number of piperidine rings is 1. The minimum absolute atomic E-state index is 0.0397. The summed E-state index contributed by atoms with van der Waals surface area (Å²) in [5.41, 5.74) is -0.330. The largest absolute Gasteiger partial charge is 0.465 e. The van der Waals surface area contributed by atoms with Gasteiger partial charge in [0.05, 0.1) is 11.2 Å². The molecule has 162 valence electrons. The average molecular weight is 426 g/mol. The summed E-state index contributed by atoms with van der Waals surface area (Å²) in [5.74, 6) is -1.21. The molecule has 3 amide bonds. The van der Waals surface area contributed by atoms with E-state index in [0.717, 1.165) is 0 Å². The van der Waals surface area contributed by atoms with Crippen molar-refractivity contribution < 1.29 is 23.7 Å². The molecule has 2 N–H and O–H groups in total. The van der Waals surface area contributed by atoms with E-state index in [4.69, 9.17) is 4.42 Å². The SMILES string of the molecule is O=C(NCC1CCN(C(=O)/C=C/c2ccco2)CC1)C(=O)Nc1ccccc1[N+](=O)[O-]. The van der Waals surface area contributed by atoms with Gasteiger partial charge in [-0.3, -0.25) is 24.5 Å². The lowest BCUT2D eigenvalue weighted by molar-refractivity contribution is -0.383. The minimum atomic E-state index is -0.968. The van der Waals surface area contributed by atoms with Crippen LogP contribution in [0.25, 0.3) is 6.08 Å². The van der Waals surface area contributed by atoms with Gasteiger partial charge in [0.1, 0.15) is 11.4 Å². The highest BCUT2D eigenvalue weighted by Gasteiger charge is 2.24. The Labute approximate surface area is 178 Å². The van der Waals surface area contributed by atoms with Crippen LogP contribution in [-0.4, -0.2) is 47.2 Å². The summed E-state index contributed by atoms with van der Waals surface area (Å²) in [6.45, 7) is 1.38. The molecule has 1 aliphatic heterocycles. The molecule has 0 atom stereocenters. The molecule has 1 aliphatic rings. The van der Waals surface area contributed by atoms with Crippen molar-refractivity contribution in [2.75, 3.05) is 25.0 Å². The molecular formula is C21H22N4O6.